The van der Waals surface area contributed by atoms with Crippen LogP contribution in [0.4, 0.5) is 0 Å². The number of rotatable bonds is 2. The molecule has 0 aliphatic heterocycles. The second-order valence-corrected chi connectivity index (χ2v) is 6.99. The topological polar surface area (TPSA) is 38.9 Å². The van der Waals surface area contributed by atoms with Crippen LogP contribution in [0.3, 0.4) is 0 Å². The minimum atomic E-state index is 0.546. The Kier molecular flexibility index (Phi) is 4.00. The summed E-state index contributed by atoms with van der Waals surface area (Å²) in [5.74, 6) is 1.30. The third kappa shape index (κ3) is 2.48. The molecule has 1 heterocycles. The summed E-state index contributed by atoms with van der Waals surface area (Å²) in [5, 5.41) is 1.43. The molecule has 2 N–H and O–H groups in total. The number of thiazole rings is 1. The van der Waals surface area contributed by atoms with E-state index in [0.29, 0.717) is 5.92 Å². The van der Waals surface area contributed by atoms with Crippen LogP contribution in [-0.2, 0) is 6.42 Å². The summed E-state index contributed by atoms with van der Waals surface area (Å²) in [6.07, 6.45) is 12.2. The van der Waals surface area contributed by atoms with Gasteiger partial charge in [-0.15, -0.1) is 11.3 Å². The largest absolute Gasteiger partial charge is 0.330 e. The first-order chi connectivity index (χ1) is 8.88. The zero-order valence-corrected chi connectivity index (χ0v) is 12.0. The standard InChI is InChI=1S/C15H24N2S/c16-10-12-8-5-9-13-14(12)17-15(18-13)11-6-3-1-2-4-7-11/h11-12H,1-10,16H2. The minimum absolute atomic E-state index is 0.546. The van der Waals surface area contributed by atoms with E-state index in [2.05, 4.69) is 0 Å². The molecule has 100 valence electrons. The average Bonchev–Trinajstić information content (AvgIpc) is 2.65. The molecule has 0 spiro atoms. The third-order valence-corrected chi connectivity index (χ3v) is 5.87. The number of nitrogens with two attached hydrogens (primary N) is 1. The molecule has 1 atom stereocenters. The van der Waals surface area contributed by atoms with E-state index in [1.165, 1.54) is 68.5 Å². The van der Waals surface area contributed by atoms with E-state index in [1.807, 2.05) is 11.3 Å². The summed E-state index contributed by atoms with van der Waals surface area (Å²) < 4.78 is 0. The Morgan fingerprint density at radius 1 is 1.06 bits per heavy atom. The molecule has 0 amide bonds. The maximum atomic E-state index is 5.90. The molecule has 0 radical (unpaired) electrons. The Labute approximate surface area is 114 Å². The van der Waals surface area contributed by atoms with Crippen molar-refractivity contribution >= 4 is 11.3 Å². The second kappa shape index (κ2) is 5.70. The maximum absolute atomic E-state index is 5.90. The smallest absolute Gasteiger partial charge is 0.0962 e. The van der Waals surface area contributed by atoms with Gasteiger partial charge in [-0.05, 0) is 32.1 Å². The second-order valence-electron chi connectivity index (χ2n) is 5.87. The van der Waals surface area contributed by atoms with E-state index < -0.39 is 0 Å². The molecule has 0 saturated heterocycles. The van der Waals surface area contributed by atoms with Crippen molar-refractivity contribution in [3.63, 3.8) is 0 Å². The number of hydrogen-bond acceptors (Lipinski definition) is 3. The predicted octanol–water partition coefficient (Wildman–Crippen LogP) is 3.96. The van der Waals surface area contributed by atoms with Crippen LogP contribution < -0.4 is 5.73 Å². The summed E-state index contributed by atoms with van der Waals surface area (Å²) in [7, 11) is 0. The summed E-state index contributed by atoms with van der Waals surface area (Å²) in [4.78, 5) is 6.56. The Morgan fingerprint density at radius 3 is 2.56 bits per heavy atom. The highest BCUT2D eigenvalue weighted by Gasteiger charge is 2.26. The van der Waals surface area contributed by atoms with Gasteiger partial charge in [-0.25, -0.2) is 4.98 Å². The number of fused-ring (bicyclic) bond motifs is 1. The van der Waals surface area contributed by atoms with Gasteiger partial charge >= 0.3 is 0 Å². The van der Waals surface area contributed by atoms with E-state index in [9.17, 15) is 0 Å². The van der Waals surface area contributed by atoms with Crippen LogP contribution in [-0.4, -0.2) is 11.5 Å². The van der Waals surface area contributed by atoms with Gasteiger partial charge in [0.15, 0.2) is 0 Å². The Bertz CT molecular complexity index is 391. The molecule has 1 aromatic heterocycles. The SMILES string of the molecule is NCC1CCCc2sc(C3CCCCCC3)nc21. The van der Waals surface area contributed by atoms with Crippen molar-refractivity contribution in [3.05, 3.63) is 15.6 Å². The summed E-state index contributed by atoms with van der Waals surface area (Å²) in [5.41, 5.74) is 7.26. The fourth-order valence-corrected chi connectivity index (χ4v) is 4.82. The zero-order valence-electron chi connectivity index (χ0n) is 11.2. The lowest BCUT2D eigenvalue weighted by Crippen LogP contribution is -2.17. The lowest BCUT2D eigenvalue weighted by atomic mass is 9.91. The van der Waals surface area contributed by atoms with Crippen LogP contribution in [0.15, 0.2) is 0 Å². The molecule has 3 heteroatoms. The fourth-order valence-electron chi connectivity index (χ4n) is 3.46. The van der Waals surface area contributed by atoms with E-state index in [1.54, 1.807) is 4.88 Å². The lowest BCUT2D eigenvalue weighted by Gasteiger charge is -2.18. The predicted molar refractivity (Wildman–Crippen MR) is 77.3 cm³/mol. The number of aromatic nitrogens is 1. The van der Waals surface area contributed by atoms with Crippen molar-refractivity contribution in [2.45, 2.75) is 69.6 Å². The highest BCUT2D eigenvalue weighted by molar-refractivity contribution is 7.11. The zero-order chi connectivity index (χ0) is 12.4. The van der Waals surface area contributed by atoms with Gasteiger partial charge in [0.1, 0.15) is 0 Å². The molecule has 1 fully saturated rings. The molecule has 1 saturated carbocycles. The highest BCUT2D eigenvalue weighted by Crippen LogP contribution is 2.40. The first-order valence-electron chi connectivity index (χ1n) is 7.58. The van der Waals surface area contributed by atoms with E-state index >= 15 is 0 Å². The quantitative estimate of drug-likeness (QED) is 0.821. The van der Waals surface area contributed by atoms with Gasteiger partial charge in [-0.3, -0.25) is 0 Å². The molecule has 2 nitrogen and oxygen atoms in total. The van der Waals surface area contributed by atoms with Crippen molar-refractivity contribution < 1.29 is 0 Å². The summed E-state index contributed by atoms with van der Waals surface area (Å²) >= 11 is 2.00. The third-order valence-electron chi connectivity index (χ3n) is 4.58. The van der Waals surface area contributed by atoms with Crippen LogP contribution in [0.2, 0.25) is 0 Å². The van der Waals surface area contributed by atoms with Crippen molar-refractivity contribution in [1.82, 2.24) is 4.98 Å². The molecular weight excluding hydrogens is 240 g/mol. The first kappa shape index (κ1) is 12.6. The first-order valence-corrected chi connectivity index (χ1v) is 8.39. The van der Waals surface area contributed by atoms with Gasteiger partial charge < -0.3 is 5.73 Å². The Balaban J connectivity index is 1.82. The normalized spacial score (nSPS) is 25.7. The number of nitrogens with zero attached hydrogens (tertiary/aromatic N) is 1. The summed E-state index contributed by atoms with van der Waals surface area (Å²) in [6, 6.07) is 0. The molecular formula is C15H24N2S. The maximum Gasteiger partial charge on any atom is 0.0962 e. The molecule has 1 aromatic rings. The van der Waals surface area contributed by atoms with Crippen LogP contribution in [0.1, 0.15) is 78.8 Å². The van der Waals surface area contributed by atoms with Crippen LogP contribution in [0.5, 0.6) is 0 Å². The van der Waals surface area contributed by atoms with Gasteiger partial charge in [-0.1, -0.05) is 25.7 Å². The van der Waals surface area contributed by atoms with E-state index in [0.717, 1.165) is 12.5 Å². The van der Waals surface area contributed by atoms with Crippen LogP contribution in [0.25, 0.3) is 0 Å². The molecule has 2 aliphatic rings. The molecule has 18 heavy (non-hydrogen) atoms. The molecule has 1 unspecified atom stereocenters. The number of hydrogen-bond donors (Lipinski definition) is 1. The molecule has 0 aromatic carbocycles. The number of aryl methyl sites for hydroxylation is 1. The average molecular weight is 264 g/mol. The molecule has 2 aliphatic carbocycles. The Morgan fingerprint density at radius 2 is 1.83 bits per heavy atom. The van der Waals surface area contributed by atoms with Gasteiger partial charge in [-0.2, -0.15) is 0 Å². The monoisotopic (exact) mass is 264 g/mol. The van der Waals surface area contributed by atoms with Crippen LogP contribution >= 0.6 is 11.3 Å². The summed E-state index contributed by atoms with van der Waals surface area (Å²) in [6.45, 7) is 0.779. The van der Waals surface area contributed by atoms with E-state index in [-0.39, 0.29) is 0 Å². The van der Waals surface area contributed by atoms with Crippen molar-refractivity contribution in [2.75, 3.05) is 6.54 Å². The van der Waals surface area contributed by atoms with Gasteiger partial charge in [0, 0.05) is 23.3 Å². The van der Waals surface area contributed by atoms with Gasteiger partial charge in [0.05, 0.1) is 10.7 Å². The van der Waals surface area contributed by atoms with E-state index in [4.69, 9.17) is 10.7 Å². The van der Waals surface area contributed by atoms with Gasteiger partial charge in [0.25, 0.3) is 0 Å². The van der Waals surface area contributed by atoms with Crippen molar-refractivity contribution in [2.24, 2.45) is 5.73 Å². The highest BCUT2D eigenvalue weighted by atomic mass is 32.1. The fraction of sp³-hybridized carbons (Fsp3) is 0.800. The molecule has 0 bridgehead atoms. The Hall–Kier alpha value is -0.410. The van der Waals surface area contributed by atoms with Crippen molar-refractivity contribution in [3.8, 4) is 0 Å². The van der Waals surface area contributed by atoms with Crippen molar-refractivity contribution in [1.29, 1.82) is 0 Å². The lowest BCUT2D eigenvalue weighted by molar-refractivity contribution is 0.544. The van der Waals surface area contributed by atoms with Crippen LogP contribution in [0, 0.1) is 0 Å². The molecule has 3 rings (SSSR count). The van der Waals surface area contributed by atoms with Gasteiger partial charge in [0.2, 0.25) is 0 Å². The minimum Gasteiger partial charge on any atom is -0.330 e.